The van der Waals surface area contributed by atoms with Crippen molar-refractivity contribution in [2.75, 3.05) is 0 Å². The van der Waals surface area contributed by atoms with E-state index in [1.165, 1.54) is 18.9 Å². The molecule has 0 aliphatic heterocycles. The van der Waals surface area contributed by atoms with E-state index in [-0.39, 0.29) is 5.43 Å². The minimum atomic E-state index is -0.0923. The average Bonchev–Trinajstić information content (AvgIpc) is 3.34. The first-order valence-corrected chi connectivity index (χ1v) is 9.24. The highest BCUT2D eigenvalue weighted by Gasteiger charge is 2.24. The molecule has 138 valence electrons. The van der Waals surface area contributed by atoms with Crippen LogP contribution in [-0.2, 0) is 24.7 Å². The van der Waals surface area contributed by atoms with Crippen LogP contribution in [0.3, 0.4) is 0 Å². The van der Waals surface area contributed by atoms with Gasteiger partial charge in [0.2, 0.25) is 5.43 Å². The van der Waals surface area contributed by atoms with Crippen LogP contribution in [0.2, 0.25) is 0 Å². The molecular formula is C21H22N4O2. The monoisotopic (exact) mass is 362 g/mol. The topological polar surface area (TPSA) is 69.8 Å². The predicted molar refractivity (Wildman–Crippen MR) is 102 cm³/mol. The molecule has 2 aromatic heterocycles. The van der Waals surface area contributed by atoms with E-state index in [4.69, 9.17) is 0 Å². The lowest BCUT2D eigenvalue weighted by atomic mass is 10.0. The van der Waals surface area contributed by atoms with E-state index in [0.717, 1.165) is 16.8 Å². The Balaban J connectivity index is 1.52. The summed E-state index contributed by atoms with van der Waals surface area (Å²) in [6.45, 7) is 0. The zero-order valence-corrected chi connectivity index (χ0v) is 15.3. The van der Waals surface area contributed by atoms with Crippen molar-refractivity contribution in [3.05, 3.63) is 76.0 Å². The number of hydrogen-bond donors (Lipinski definition) is 0. The molecular weight excluding hydrogens is 340 g/mol. The Labute approximate surface area is 157 Å². The van der Waals surface area contributed by atoms with Crippen molar-refractivity contribution in [1.29, 1.82) is 0 Å². The van der Waals surface area contributed by atoms with Gasteiger partial charge in [0.1, 0.15) is 17.2 Å². The maximum absolute atomic E-state index is 12.3. The van der Waals surface area contributed by atoms with E-state index in [2.05, 4.69) is 10.2 Å². The Morgan fingerprint density at radius 2 is 2.04 bits per heavy atom. The van der Waals surface area contributed by atoms with Crippen molar-refractivity contribution in [1.82, 2.24) is 19.6 Å². The molecule has 0 unspecified atom stereocenters. The van der Waals surface area contributed by atoms with Crippen LogP contribution in [0, 0.1) is 5.92 Å². The van der Waals surface area contributed by atoms with E-state index < -0.39 is 0 Å². The van der Waals surface area contributed by atoms with Crippen LogP contribution in [0.1, 0.15) is 36.1 Å². The lowest BCUT2D eigenvalue weighted by molar-refractivity contribution is -0.118. The van der Waals surface area contributed by atoms with E-state index in [9.17, 15) is 9.59 Å². The number of carbonyl (C=O) groups is 1. The normalized spacial score (nSPS) is 13.7. The summed E-state index contributed by atoms with van der Waals surface area (Å²) in [5.41, 5.74) is 3.17. The van der Waals surface area contributed by atoms with Gasteiger partial charge in [0.15, 0.2) is 0 Å². The summed E-state index contributed by atoms with van der Waals surface area (Å²) in [7, 11) is 1.84. The molecule has 1 aliphatic carbocycles. The van der Waals surface area contributed by atoms with Crippen molar-refractivity contribution in [3.63, 3.8) is 0 Å². The van der Waals surface area contributed by atoms with Crippen molar-refractivity contribution < 1.29 is 4.79 Å². The maximum Gasteiger partial charge on any atom is 0.203 e. The fourth-order valence-corrected chi connectivity index (χ4v) is 3.23. The second kappa shape index (κ2) is 7.31. The summed E-state index contributed by atoms with van der Waals surface area (Å²) in [4.78, 5) is 24.4. The van der Waals surface area contributed by atoms with E-state index >= 15 is 0 Å². The number of aromatic nitrogens is 4. The minimum absolute atomic E-state index is 0.0923. The molecule has 0 saturated heterocycles. The smallest absolute Gasteiger partial charge is 0.203 e. The zero-order valence-electron chi connectivity index (χ0n) is 15.3. The summed E-state index contributed by atoms with van der Waals surface area (Å²) in [5.74, 6) is 0.909. The van der Waals surface area contributed by atoms with Crippen LogP contribution >= 0.6 is 0 Å². The summed E-state index contributed by atoms with van der Waals surface area (Å²) in [6.07, 6.45) is 9.16. The van der Waals surface area contributed by atoms with Crippen molar-refractivity contribution in [2.45, 2.75) is 32.1 Å². The first-order chi connectivity index (χ1) is 13.1. The number of ketones is 1. The number of nitrogens with zero attached hydrogens (tertiary/aromatic N) is 4. The van der Waals surface area contributed by atoms with Crippen molar-refractivity contribution in [3.8, 4) is 5.69 Å². The lowest BCUT2D eigenvalue weighted by Crippen LogP contribution is -2.16. The van der Waals surface area contributed by atoms with E-state index in [1.807, 2.05) is 37.5 Å². The summed E-state index contributed by atoms with van der Waals surface area (Å²) >= 11 is 0. The Morgan fingerprint density at radius 1 is 1.22 bits per heavy atom. The number of aryl methyl sites for hydroxylation is 1. The molecule has 4 rings (SSSR count). The molecule has 3 aromatic rings. The third-order valence-corrected chi connectivity index (χ3v) is 4.81. The molecule has 0 spiro atoms. The van der Waals surface area contributed by atoms with Crippen LogP contribution in [0.25, 0.3) is 5.69 Å². The van der Waals surface area contributed by atoms with Gasteiger partial charge in [-0.3, -0.25) is 14.3 Å². The SMILES string of the molecule is Cn1cc(-n2ccc(=O)c(Cc3cccc(CC(=O)CC4CC4)c3)n2)cn1. The van der Waals surface area contributed by atoms with E-state index in [1.54, 1.807) is 21.8 Å². The molecule has 6 nitrogen and oxygen atoms in total. The number of benzene rings is 1. The van der Waals surface area contributed by atoms with Crippen molar-refractivity contribution in [2.24, 2.45) is 13.0 Å². The van der Waals surface area contributed by atoms with E-state index in [0.29, 0.717) is 36.7 Å². The Morgan fingerprint density at radius 3 is 2.78 bits per heavy atom. The molecule has 1 aliphatic rings. The molecule has 0 bridgehead atoms. The highest BCUT2D eigenvalue weighted by atomic mass is 16.1. The maximum atomic E-state index is 12.3. The standard InChI is InChI=1S/C21H22N4O2/c1-24-14-18(13-22-24)25-8-7-21(27)20(23-25)12-17-4-2-3-16(9-17)11-19(26)10-15-5-6-15/h2-4,7-9,13-15H,5-6,10-12H2,1H3. The summed E-state index contributed by atoms with van der Waals surface area (Å²) in [5, 5.41) is 8.61. The molecule has 1 fully saturated rings. The third-order valence-electron chi connectivity index (χ3n) is 4.81. The second-order valence-corrected chi connectivity index (χ2v) is 7.30. The molecule has 0 N–H and O–H groups in total. The third kappa shape index (κ3) is 4.39. The summed E-state index contributed by atoms with van der Waals surface area (Å²) in [6, 6.07) is 9.42. The number of rotatable bonds is 7. The quantitative estimate of drug-likeness (QED) is 0.647. The lowest BCUT2D eigenvalue weighted by Gasteiger charge is -2.07. The predicted octanol–water partition coefficient (Wildman–Crippen LogP) is 2.47. The van der Waals surface area contributed by atoms with Crippen LogP contribution in [0.15, 0.2) is 53.7 Å². The van der Waals surface area contributed by atoms with Crippen LogP contribution in [0.5, 0.6) is 0 Å². The number of carbonyl (C=O) groups excluding carboxylic acids is 1. The summed E-state index contributed by atoms with van der Waals surface area (Å²) < 4.78 is 3.35. The van der Waals surface area contributed by atoms with Crippen molar-refractivity contribution >= 4 is 5.78 Å². The molecule has 0 radical (unpaired) electrons. The van der Waals surface area contributed by atoms with Gasteiger partial charge in [0, 0.05) is 38.6 Å². The van der Waals surface area contributed by atoms with Crippen LogP contribution in [-0.4, -0.2) is 25.3 Å². The Kier molecular flexibility index (Phi) is 4.71. The molecule has 2 heterocycles. The first-order valence-electron chi connectivity index (χ1n) is 9.24. The van der Waals surface area contributed by atoms with Crippen LogP contribution < -0.4 is 5.43 Å². The Bertz CT molecular complexity index is 1030. The van der Waals surface area contributed by atoms with Gasteiger partial charge in [-0.15, -0.1) is 0 Å². The minimum Gasteiger partial charge on any atom is -0.299 e. The van der Waals surface area contributed by atoms with Gasteiger partial charge in [-0.25, -0.2) is 4.68 Å². The average molecular weight is 362 g/mol. The Hall–Kier alpha value is -3.02. The molecule has 1 aromatic carbocycles. The van der Waals surface area contributed by atoms with Gasteiger partial charge in [0.05, 0.1) is 12.4 Å². The fraction of sp³-hybridized carbons (Fsp3) is 0.333. The molecule has 6 heteroatoms. The van der Waals surface area contributed by atoms with Gasteiger partial charge < -0.3 is 0 Å². The van der Waals surface area contributed by atoms with Crippen LogP contribution in [0.4, 0.5) is 0 Å². The highest BCUT2D eigenvalue weighted by Crippen LogP contribution is 2.32. The fourth-order valence-electron chi connectivity index (χ4n) is 3.23. The zero-order chi connectivity index (χ0) is 18.8. The first kappa shape index (κ1) is 17.4. The molecule has 0 amide bonds. The second-order valence-electron chi connectivity index (χ2n) is 7.30. The number of Topliss-reactive ketones (excluding diaryl/α,β-unsaturated/α-hetero) is 1. The largest absolute Gasteiger partial charge is 0.299 e. The van der Waals surface area contributed by atoms with Gasteiger partial charge in [-0.05, 0) is 29.9 Å². The molecule has 1 saturated carbocycles. The highest BCUT2D eigenvalue weighted by molar-refractivity contribution is 5.81. The van der Waals surface area contributed by atoms with Gasteiger partial charge in [-0.1, -0.05) is 24.3 Å². The van der Waals surface area contributed by atoms with Gasteiger partial charge in [0.25, 0.3) is 0 Å². The molecule has 27 heavy (non-hydrogen) atoms. The molecule has 0 atom stereocenters. The number of hydrogen-bond acceptors (Lipinski definition) is 4. The van der Waals surface area contributed by atoms with Gasteiger partial charge >= 0.3 is 0 Å². The van der Waals surface area contributed by atoms with Gasteiger partial charge in [-0.2, -0.15) is 10.2 Å².